The second-order valence-corrected chi connectivity index (χ2v) is 4.37. The Hall–Kier alpha value is -0.570. The highest BCUT2D eigenvalue weighted by atomic mass is 35.5. The first kappa shape index (κ1) is 13.5. The molecule has 0 spiro atoms. The molecule has 3 heteroatoms. The van der Waals surface area contributed by atoms with Crippen molar-refractivity contribution in [2.45, 2.75) is 25.9 Å². The van der Waals surface area contributed by atoms with E-state index in [1.54, 1.807) is 0 Å². The van der Waals surface area contributed by atoms with Crippen LogP contribution >= 0.6 is 12.4 Å². The topological polar surface area (TPSA) is 32.3 Å². The molecule has 2 N–H and O–H groups in total. The van der Waals surface area contributed by atoms with Gasteiger partial charge in [-0.2, -0.15) is 0 Å². The molecule has 1 aromatic rings. The quantitative estimate of drug-likeness (QED) is 0.850. The van der Waals surface area contributed by atoms with Gasteiger partial charge in [0.15, 0.2) is 0 Å². The number of nitrogens with one attached hydrogen (secondary N) is 1. The largest absolute Gasteiger partial charge is 0.392 e. The highest BCUT2D eigenvalue weighted by Gasteiger charge is 2.12. The normalized spacial score (nSPS) is 16.8. The summed E-state index contributed by atoms with van der Waals surface area (Å²) in [6, 6.07) is 8.34. The first-order chi connectivity index (χ1) is 7.38. The Morgan fingerprint density at radius 2 is 1.62 bits per heavy atom. The van der Waals surface area contributed by atoms with E-state index in [0.717, 1.165) is 11.5 Å². The molecule has 0 aliphatic carbocycles. The zero-order chi connectivity index (χ0) is 10.5. The number of hydrogen-bond donors (Lipinski definition) is 2. The first-order valence-electron chi connectivity index (χ1n) is 5.78. The van der Waals surface area contributed by atoms with Crippen LogP contribution in [0.5, 0.6) is 0 Å². The fourth-order valence-corrected chi connectivity index (χ4v) is 2.20. The van der Waals surface area contributed by atoms with Gasteiger partial charge < -0.3 is 10.4 Å². The van der Waals surface area contributed by atoms with Crippen LogP contribution in [0.15, 0.2) is 24.3 Å². The average molecular weight is 242 g/mol. The molecule has 90 valence electrons. The number of halogens is 1. The van der Waals surface area contributed by atoms with Crippen LogP contribution in [0.25, 0.3) is 0 Å². The first-order valence-corrected chi connectivity index (χ1v) is 5.78. The van der Waals surface area contributed by atoms with E-state index >= 15 is 0 Å². The Bertz CT molecular complexity index is 293. The second-order valence-electron chi connectivity index (χ2n) is 4.37. The van der Waals surface area contributed by atoms with Gasteiger partial charge >= 0.3 is 0 Å². The van der Waals surface area contributed by atoms with E-state index in [1.165, 1.54) is 37.9 Å². The van der Waals surface area contributed by atoms with Crippen LogP contribution in [0.3, 0.4) is 0 Å². The summed E-state index contributed by atoms with van der Waals surface area (Å²) in [7, 11) is 0. The lowest BCUT2D eigenvalue weighted by Gasteiger charge is -2.22. The molecule has 1 aromatic carbocycles. The van der Waals surface area contributed by atoms with Gasteiger partial charge in [-0.3, -0.25) is 0 Å². The molecule has 1 fully saturated rings. The lowest BCUT2D eigenvalue weighted by Crippen LogP contribution is -2.28. The van der Waals surface area contributed by atoms with Gasteiger partial charge in [-0.1, -0.05) is 24.3 Å². The van der Waals surface area contributed by atoms with Gasteiger partial charge in [0, 0.05) is 0 Å². The minimum Gasteiger partial charge on any atom is -0.392 e. The maximum atomic E-state index is 8.94. The average Bonchev–Trinajstić information content (AvgIpc) is 2.31. The molecular weight excluding hydrogens is 222 g/mol. The van der Waals surface area contributed by atoms with Gasteiger partial charge in [-0.05, 0) is 49.4 Å². The number of rotatable bonds is 3. The molecule has 2 nitrogen and oxygen atoms in total. The summed E-state index contributed by atoms with van der Waals surface area (Å²) >= 11 is 0. The molecule has 0 radical (unpaired) electrons. The molecule has 0 amide bonds. The number of hydrogen-bond acceptors (Lipinski definition) is 2. The Kier molecular flexibility index (Phi) is 5.81. The summed E-state index contributed by atoms with van der Waals surface area (Å²) in [5.41, 5.74) is 2.41. The van der Waals surface area contributed by atoms with Gasteiger partial charge in [0.1, 0.15) is 0 Å². The predicted molar refractivity (Wildman–Crippen MR) is 68.9 cm³/mol. The zero-order valence-electron chi connectivity index (χ0n) is 9.48. The highest BCUT2D eigenvalue weighted by molar-refractivity contribution is 5.85. The Morgan fingerprint density at radius 1 is 1.06 bits per heavy atom. The predicted octanol–water partition coefficient (Wildman–Crippen LogP) is 2.14. The molecule has 1 aliphatic heterocycles. The SMILES string of the molecule is Cl.OCc1ccc(CC2CCNCC2)cc1. The van der Waals surface area contributed by atoms with Gasteiger partial charge in [0.25, 0.3) is 0 Å². The lowest BCUT2D eigenvalue weighted by molar-refractivity contribution is 0.282. The molecule has 1 heterocycles. The van der Waals surface area contributed by atoms with Gasteiger partial charge in [0.2, 0.25) is 0 Å². The van der Waals surface area contributed by atoms with Crippen molar-refractivity contribution in [1.82, 2.24) is 5.32 Å². The summed E-state index contributed by atoms with van der Waals surface area (Å²) < 4.78 is 0. The third-order valence-corrected chi connectivity index (χ3v) is 3.19. The number of aliphatic hydroxyl groups is 1. The van der Waals surface area contributed by atoms with Crippen molar-refractivity contribution in [2.75, 3.05) is 13.1 Å². The molecule has 0 unspecified atom stereocenters. The van der Waals surface area contributed by atoms with Crippen LogP contribution in [0, 0.1) is 5.92 Å². The van der Waals surface area contributed by atoms with Crippen molar-refractivity contribution in [3.8, 4) is 0 Å². The molecule has 0 atom stereocenters. The van der Waals surface area contributed by atoms with Crippen molar-refractivity contribution >= 4 is 12.4 Å². The van der Waals surface area contributed by atoms with E-state index in [0.29, 0.717) is 0 Å². The maximum absolute atomic E-state index is 8.94. The fourth-order valence-electron chi connectivity index (χ4n) is 2.20. The van der Waals surface area contributed by atoms with Crippen molar-refractivity contribution in [2.24, 2.45) is 5.92 Å². The minimum atomic E-state index is 0. The fraction of sp³-hybridized carbons (Fsp3) is 0.538. The third-order valence-electron chi connectivity index (χ3n) is 3.19. The Morgan fingerprint density at radius 3 is 2.19 bits per heavy atom. The Labute approximate surface area is 103 Å². The van der Waals surface area contributed by atoms with E-state index in [9.17, 15) is 0 Å². The van der Waals surface area contributed by atoms with Gasteiger partial charge in [0.05, 0.1) is 6.61 Å². The highest BCUT2D eigenvalue weighted by Crippen LogP contribution is 2.18. The summed E-state index contributed by atoms with van der Waals surface area (Å²) in [4.78, 5) is 0. The van der Waals surface area contributed by atoms with Gasteiger partial charge in [-0.25, -0.2) is 0 Å². The number of aliphatic hydroxyl groups excluding tert-OH is 1. The Balaban J connectivity index is 0.00000128. The van der Waals surface area contributed by atoms with Crippen LogP contribution in [0.1, 0.15) is 24.0 Å². The van der Waals surface area contributed by atoms with Crippen LogP contribution in [-0.2, 0) is 13.0 Å². The summed E-state index contributed by atoms with van der Waals surface area (Å²) in [6.45, 7) is 2.48. The van der Waals surface area contributed by atoms with E-state index in [4.69, 9.17) is 5.11 Å². The molecule has 16 heavy (non-hydrogen) atoms. The smallest absolute Gasteiger partial charge is 0.0681 e. The molecule has 2 rings (SSSR count). The molecule has 0 bridgehead atoms. The monoisotopic (exact) mass is 241 g/mol. The molecule has 0 saturated carbocycles. The van der Waals surface area contributed by atoms with E-state index in [-0.39, 0.29) is 19.0 Å². The number of piperidine rings is 1. The second kappa shape index (κ2) is 6.89. The van der Waals surface area contributed by atoms with Crippen molar-refractivity contribution in [3.63, 3.8) is 0 Å². The molecule has 1 aliphatic rings. The number of benzene rings is 1. The van der Waals surface area contributed by atoms with Crippen molar-refractivity contribution < 1.29 is 5.11 Å². The van der Waals surface area contributed by atoms with E-state index < -0.39 is 0 Å². The summed E-state index contributed by atoms with van der Waals surface area (Å²) in [5.74, 6) is 0.839. The third kappa shape index (κ3) is 3.78. The standard InChI is InChI=1S/C13H19NO.ClH/c15-10-13-3-1-11(2-4-13)9-12-5-7-14-8-6-12;/h1-4,12,14-15H,5-10H2;1H. The molecule has 1 saturated heterocycles. The zero-order valence-corrected chi connectivity index (χ0v) is 10.3. The maximum Gasteiger partial charge on any atom is 0.0681 e. The minimum absolute atomic E-state index is 0. The van der Waals surface area contributed by atoms with Crippen molar-refractivity contribution in [3.05, 3.63) is 35.4 Å². The van der Waals surface area contributed by atoms with Crippen LogP contribution in [0.4, 0.5) is 0 Å². The van der Waals surface area contributed by atoms with E-state index in [2.05, 4.69) is 17.4 Å². The summed E-state index contributed by atoms with van der Waals surface area (Å²) in [6.07, 6.45) is 3.77. The van der Waals surface area contributed by atoms with Crippen LogP contribution in [-0.4, -0.2) is 18.2 Å². The van der Waals surface area contributed by atoms with Gasteiger partial charge in [-0.15, -0.1) is 12.4 Å². The van der Waals surface area contributed by atoms with Crippen LogP contribution < -0.4 is 5.32 Å². The molecular formula is C13H20ClNO. The summed E-state index contributed by atoms with van der Waals surface area (Å²) in [5, 5.41) is 12.3. The van der Waals surface area contributed by atoms with Crippen LogP contribution in [0.2, 0.25) is 0 Å². The molecule has 0 aromatic heterocycles. The lowest BCUT2D eigenvalue weighted by atomic mass is 9.91. The van der Waals surface area contributed by atoms with Crippen molar-refractivity contribution in [1.29, 1.82) is 0 Å². The van der Waals surface area contributed by atoms with E-state index in [1.807, 2.05) is 12.1 Å².